The van der Waals surface area contributed by atoms with Crippen molar-refractivity contribution in [3.63, 3.8) is 0 Å². The summed E-state index contributed by atoms with van der Waals surface area (Å²) in [5.41, 5.74) is 0. The van der Waals surface area contributed by atoms with Crippen molar-refractivity contribution in [2.75, 3.05) is 32.9 Å². The van der Waals surface area contributed by atoms with Gasteiger partial charge in [-0.15, -0.1) is 0 Å². The third-order valence-electron chi connectivity index (χ3n) is 1.47. The Hall–Kier alpha value is -1.74. The van der Waals surface area contributed by atoms with Crippen LogP contribution in [0.3, 0.4) is 0 Å². The topological polar surface area (TPSA) is 177 Å². The molecular weight excluding hydrogens is 348 g/mol. The van der Waals surface area contributed by atoms with E-state index in [-0.39, 0.29) is 0 Å². The standard InChI is InChI=1S/C6H12N6O6S3/c1-19(13,14)10-4-7-5(11-20(2,15)16)9-6(8-4)12-21(3,17)18/h1-3H3,(H3,7,8,9,10,11,12). The van der Waals surface area contributed by atoms with Gasteiger partial charge in [-0.3, -0.25) is 14.2 Å². The van der Waals surface area contributed by atoms with Crippen LogP contribution in [0.25, 0.3) is 0 Å². The number of rotatable bonds is 6. The van der Waals surface area contributed by atoms with Gasteiger partial charge in [-0.05, 0) is 0 Å². The molecule has 0 saturated heterocycles. The Balaban J connectivity index is 3.31. The van der Waals surface area contributed by atoms with Crippen molar-refractivity contribution in [3.05, 3.63) is 0 Å². The number of nitrogens with zero attached hydrogens (tertiary/aromatic N) is 3. The summed E-state index contributed by atoms with van der Waals surface area (Å²) in [6.07, 6.45) is 2.43. The highest BCUT2D eigenvalue weighted by atomic mass is 32.2. The maximum atomic E-state index is 11.1. The predicted octanol–water partition coefficient (Wildman–Crippen LogP) is -2.01. The normalized spacial score (nSPS) is 12.7. The molecule has 0 aromatic carbocycles. The molecule has 120 valence electrons. The largest absolute Gasteiger partial charge is 0.251 e. The number of sulfonamides is 3. The van der Waals surface area contributed by atoms with Crippen LogP contribution in [-0.4, -0.2) is 59.0 Å². The van der Waals surface area contributed by atoms with E-state index in [0.717, 1.165) is 18.8 Å². The Labute approximate surface area is 121 Å². The monoisotopic (exact) mass is 360 g/mol. The van der Waals surface area contributed by atoms with Gasteiger partial charge in [-0.25, -0.2) is 25.3 Å². The maximum Gasteiger partial charge on any atom is 0.243 e. The molecule has 0 spiro atoms. The number of hydrogen-bond donors (Lipinski definition) is 3. The zero-order valence-corrected chi connectivity index (χ0v) is 13.5. The first-order valence-corrected chi connectivity index (χ1v) is 10.6. The Morgan fingerprint density at radius 3 is 0.905 bits per heavy atom. The zero-order valence-electron chi connectivity index (χ0n) is 11.0. The van der Waals surface area contributed by atoms with Gasteiger partial charge in [-0.2, -0.15) is 15.0 Å². The molecule has 12 nitrogen and oxygen atoms in total. The third-order valence-corrected chi connectivity index (χ3v) is 3.13. The summed E-state index contributed by atoms with van der Waals surface area (Å²) in [4.78, 5) is 10.5. The minimum Gasteiger partial charge on any atom is -0.251 e. The smallest absolute Gasteiger partial charge is 0.243 e. The first kappa shape index (κ1) is 17.3. The highest BCUT2D eigenvalue weighted by Crippen LogP contribution is 2.12. The lowest BCUT2D eigenvalue weighted by Crippen LogP contribution is -2.19. The van der Waals surface area contributed by atoms with Gasteiger partial charge in [0.1, 0.15) is 0 Å². The number of anilines is 3. The second-order valence-corrected chi connectivity index (χ2v) is 9.17. The second kappa shape index (κ2) is 5.57. The molecule has 0 aliphatic carbocycles. The van der Waals surface area contributed by atoms with Gasteiger partial charge in [0.25, 0.3) is 0 Å². The molecule has 0 atom stereocenters. The van der Waals surface area contributed by atoms with Crippen LogP contribution in [-0.2, 0) is 30.1 Å². The second-order valence-electron chi connectivity index (χ2n) is 3.93. The molecule has 0 unspecified atom stereocenters. The molecule has 0 fully saturated rings. The summed E-state index contributed by atoms with van der Waals surface area (Å²) in [5, 5.41) is 0. The van der Waals surface area contributed by atoms with Crippen LogP contribution >= 0.6 is 0 Å². The molecule has 21 heavy (non-hydrogen) atoms. The number of aromatic nitrogens is 3. The molecule has 15 heteroatoms. The minimum atomic E-state index is -3.76. The van der Waals surface area contributed by atoms with Gasteiger partial charge in [0.2, 0.25) is 47.9 Å². The van der Waals surface area contributed by atoms with E-state index in [4.69, 9.17) is 0 Å². The Kier molecular flexibility index (Phi) is 4.59. The van der Waals surface area contributed by atoms with Crippen LogP contribution in [0.2, 0.25) is 0 Å². The van der Waals surface area contributed by atoms with E-state index < -0.39 is 47.9 Å². The molecular formula is C6H12N6O6S3. The quantitative estimate of drug-likeness (QED) is 0.517. The third kappa shape index (κ3) is 7.57. The van der Waals surface area contributed by atoms with Crippen LogP contribution in [0.1, 0.15) is 0 Å². The van der Waals surface area contributed by atoms with E-state index in [1.54, 1.807) is 0 Å². The summed E-state index contributed by atoms with van der Waals surface area (Å²) in [5.74, 6) is -1.65. The fourth-order valence-corrected chi connectivity index (χ4v) is 2.28. The first-order chi connectivity index (χ1) is 9.23. The van der Waals surface area contributed by atoms with Crippen LogP contribution < -0.4 is 14.2 Å². The number of hydrogen-bond acceptors (Lipinski definition) is 9. The van der Waals surface area contributed by atoms with Crippen LogP contribution in [0.4, 0.5) is 17.8 Å². The van der Waals surface area contributed by atoms with Crippen molar-refractivity contribution in [1.29, 1.82) is 0 Å². The molecule has 0 saturated carbocycles. The van der Waals surface area contributed by atoms with E-state index in [1.165, 1.54) is 0 Å². The molecule has 0 amide bonds. The highest BCUT2D eigenvalue weighted by molar-refractivity contribution is 7.92. The average Bonchev–Trinajstić information content (AvgIpc) is 2.06. The lowest BCUT2D eigenvalue weighted by Gasteiger charge is -2.08. The van der Waals surface area contributed by atoms with Gasteiger partial charge < -0.3 is 0 Å². The zero-order chi connectivity index (χ0) is 16.5. The summed E-state index contributed by atoms with van der Waals surface area (Å²) in [7, 11) is -11.3. The van der Waals surface area contributed by atoms with E-state index >= 15 is 0 Å². The molecule has 0 aliphatic heterocycles. The predicted molar refractivity (Wildman–Crippen MR) is 75.2 cm³/mol. The number of nitrogens with one attached hydrogen (secondary N) is 3. The Morgan fingerprint density at radius 1 is 0.571 bits per heavy atom. The van der Waals surface area contributed by atoms with E-state index in [9.17, 15) is 25.3 Å². The maximum absolute atomic E-state index is 11.1. The van der Waals surface area contributed by atoms with E-state index in [1.807, 2.05) is 14.2 Å². The van der Waals surface area contributed by atoms with Crippen molar-refractivity contribution < 1.29 is 25.3 Å². The van der Waals surface area contributed by atoms with Crippen molar-refractivity contribution in [2.24, 2.45) is 0 Å². The van der Waals surface area contributed by atoms with E-state index in [2.05, 4.69) is 15.0 Å². The van der Waals surface area contributed by atoms with Gasteiger partial charge >= 0.3 is 0 Å². The van der Waals surface area contributed by atoms with Crippen LogP contribution in [0, 0.1) is 0 Å². The molecule has 0 radical (unpaired) electrons. The summed E-state index contributed by atoms with van der Waals surface area (Å²) in [6, 6.07) is 0. The molecule has 0 bridgehead atoms. The molecule has 1 rings (SSSR count). The Morgan fingerprint density at radius 2 is 0.762 bits per heavy atom. The van der Waals surface area contributed by atoms with Crippen molar-refractivity contribution in [3.8, 4) is 0 Å². The van der Waals surface area contributed by atoms with Crippen LogP contribution in [0.15, 0.2) is 0 Å². The fraction of sp³-hybridized carbons (Fsp3) is 0.500. The summed E-state index contributed by atoms with van der Waals surface area (Å²) in [6.45, 7) is 0. The fourth-order valence-electron chi connectivity index (χ4n) is 1.01. The SMILES string of the molecule is CS(=O)(=O)Nc1nc(NS(C)(=O)=O)nc(NS(C)(=O)=O)n1. The Bertz CT molecular complexity index is 718. The molecule has 1 aromatic rings. The van der Waals surface area contributed by atoms with Gasteiger partial charge in [0.05, 0.1) is 18.8 Å². The summed E-state index contributed by atoms with van der Waals surface area (Å²) < 4.78 is 72.3. The van der Waals surface area contributed by atoms with Crippen molar-refractivity contribution in [2.45, 2.75) is 0 Å². The summed E-state index contributed by atoms with van der Waals surface area (Å²) >= 11 is 0. The molecule has 1 heterocycles. The van der Waals surface area contributed by atoms with Gasteiger partial charge in [0.15, 0.2) is 0 Å². The van der Waals surface area contributed by atoms with E-state index in [0.29, 0.717) is 0 Å². The van der Waals surface area contributed by atoms with Gasteiger partial charge in [0, 0.05) is 0 Å². The minimum absolute atomic E-state index is 0.551. The van der Waals surface area contributed by atoms with Crippen LogP contribution in [0.5, 0.6) is 0 Å². The van der Waals surface area contributed by atoms with Crippen molar-refractivity contribution >= 4 is 47.9 Å². The van der Waals surface area contributed by atoms with Crippen molar-refractivity contribution in [1.82, 2.24) is 15.0 Å². The first-order valence-electron chi connectivity index (χ1n) is 4.93. The molecule has 3 N–H and O–H groups in total. The highest BCUT2D eigenvalue weighted by Gasteiger charge is 2.14. The molecule has 0 aliphatic rings. The molecule has 1 aromatic heterocycles. The van der Waals surface area contributed by atoms with Gasteiger partial charge in [-0.1, -0.05) is 0 Å². The average molecular weight is 360 g/mol. The lowest BCUT2D eigenvalue weighted by molar-refractivity contribution is 0.605. The lowest BCUT2D eigenvalue weighted by atomic mass is 10.8.